The second-order valence-electron chi connectivity index (χ2n) is 6.68. The van der Waals surface area contributed by atoms with Gasteiger partial charge in [0.05, 0.1) is 5.39 Å². The number of benzene rings is 2. The van der Waals surface area contributed by atoms with Crippen LogP contribution in [0.3, 0.4) is 0 Å². The smallest absolute Gasteiger partial charge is 0.263 e. The number of para-hydroxylation sites is 1. The molecule has 0 fully saturated rings. The van der Waals surface area contributed by atoms with Gasteiger partial charge >= 0.3 is 0 Å². The zero-order valence-corrected chi connectivity index (χ0v) is 16.7. The summed E-state index contributed by atoms with van der Waals surface area (Å²) < 4.78 is 14.7. The van der Waals surface area contributed by atoms with Crippen LogP contribution < -0.4 is 10.9 Å². The largest absolute Gasteiger partial charge is 0.325 e. The molecule has 7 heteroatoms. The summed E-state index contributed by atoms with van der Waals surface area (Å²) in [5.41, 5.74) is 1.87. The summed E-state index contributed by atoms with van der Waals surface area (Å²) in [6.07, 6.45) is 0. The van der Waals surface area contributed by atoms with Crippen molar-refractivity contribution in [2.75, 3.05) is 5.32 Å². The highest BCUT2D eigenvalue weighted by Crippen LogP contribution is 2.35. The Labute approximate surface area is 170 Å². The minimum Gasteiger partial charge on any atom is -0.325 e. The van der Waals surface area contributed by atoms with E-state index >= 15 is 0 Å². The van der Waals surface area contributed by atoms with E-state index in [2.05, 4.69) is 10.3 Å². The van der Waals surface area contributed by atoms with Crippen molar-refractivity contribution in [3.63, 3.8) is 0 Å². The van der Waals surface area contributed by atoms with Gasteiger partial charge in [0, 0.05) is 16.1 Å². The lowest BCUT2D eigenvalue weighted by atomic mass is 10.0. The molecule has 0 aliphatic heterocycles. The topological polar surface area (TPSA) is 64.0 Å². The van der Waals surface area contributed by atoms with Gasteiger partial charge in [0.2, 0.25) is 5.91 Å². The zero-order chi connectivity index (χ0) is 20.5. The number of aryl methyl sites for hydroxylation is 2. The molecular weight excluding hydrogens is 389 g/mol. The van der Waals surface area contributed by atoms with Crippen LogP contribution in [0.5, 0.6) is 0 Å². The fourth-order valence-corrected chi connectivity index (χ4v) is 4.39. The maximum Gasteiger partial charge on any atom is 0.263 e. The van der Waals surface area contributed by atoms with Crippen LogP contribution in [0.4, 0.5) is 10.1 Å². The monoisotopic (exact) mass is 407 g/mol. The van der Waals surface area contributed by atoms with Gasteiger partial charge in [0.15, 0.2) is 0 Å². The number of carbonyl (C=O) groups is 1. The van der Waals surface area contributed by atoms with Gasteiger partial charge in [0.1, 0.15) is 23.0 Å². The number of hydrogen-bond acceptors (Lipinski definition) is 4. The lowest BCUT2D eigenvalue weighted by molar-refractivity contribution is -0.116. The normalized spacial score (nSPS) is 11.0. The number of aromatic nitrogens is 2. The number of nitrogens with zero attached hydrogens (tertiary/aromatic N) is 2. The van der Waals surface area contributed by atoms with E-state index in [-0.39, 0.29) is 23.8 Å². The SMILES string of the molecule is Cc1sc2nc(C)n(CC(=O)Nc3ccccc3)c(=O)c2c1-c1ccc(F)cc1. The molecule has 0 spiro atoms. The van der Waals surface area contributed by atoms with Gasteiger partial charge in [-0.05, 0) is 43.7 Å². The van der Waals surface area contributed by atoms with Crippen LogP contribution in [0.15, 0.2) is 59.4 Å². The van der Waals surface area contributed by atoms with Crippen molar-refractivity contribution in [3.8, 4) is 11.1 Å². The number of rotatable bonds is 4. The van der Waals surface area contributed by atoms with E-state index in [0.717, 1.165) is 16.0 Å². The highest BCUT2D eigenvalue weighted by Gasteiger charge is 2.19. The summed E-state index contributed by atoms with van der Waals surface area (Å²) in [5, 5.41) is 3.24. The third-order valence-electron chi connectivity index (χ3n) is 4.67. The second-order valence-corrected chi connectivity index (χ2v) is 7.89. The van der Waals surface area contributed by atoms with Crippen molar-refractivity contribution < 1.29 is 9.18 Å². The third-order valence-corrected chi connectivity index (χ3v) is 5.67. The first-order chi connectivity index (χ1) is 13.9. The quantitative estimate of drug-likeness (QED) is 0.541. The first-order valence-corrected chi connectivity index (χ1v) is 9.87. The highest BCUT2D eigenvalue weighted by molar-refractivity contribution is 7.19. The summed E-state index contributed by atoms with van der Waals surface area (Å²) in [4.78, 5) is 31.9. The van der Waals surface area contributed by atoms with Crippen LogP contribution in [-0.2, 0) is 11.3 Å². The molecular formula is C22H18FN3O2S. The van der Waals surface area contributed by atoms with Crippen LogP contribution >= 0.6 is 11.3 Å². The molecule has 0 saturated heterocycles. The summed E-state index contributed by atoms with van der Waals surface area (Å²) in [7, 11) is 0. The average Bonchev–Trinajstić information content (AvgIpc) is 3.02. The standard InChI is InChI=1S/C22H18FN3O2S/c1-13-19(15-8-10-16(23)11-9-15)20-21(29-13)24-14(2)26(22(20)28)12-18(27)25-17-6-4-3-5-7-17/h3-11H,12H2,1-2H3,(H,25,27). The van der Waals surface area contributed by atoms with E-state index < -0.39 is 0 Å². The minimum atomic E-state index is -0.338. The van der Waals surface area contributed by atoms with Crippen molar-refractivity contribution in [1.82, 2.24) is 9.55 Å². The van der Waals surface area contributed by atoms with E-state index in [1.807, 2.05) is 25.1 Å². The van der Waals surface area contributed by atoms with Crippen molar-refractivity contribution in [3.05, 3.63) is 81.5 Å². The molecule has 0 unspecified atom stereocenters. The molecule has 0 bridgehead atoms. The van der Waals surface area contributed by atoms with Gasteiger partial charge in [-0.15, -0.1) is 11.3 Å². The summed E-state index contributed by atoms with van der Waals surface area (Å²) in [6, 6.07) is 15.1. The van der Waals surface area contributed by atoms with E-state index in [9.17, 15) is 14.0 Å². The number of thiophene rings is 1. The summed E-state index contributed by atoms with van der Waals surface area (Å²) >= 11 is 1.42. The Kier molecular flexibility index (Phi) is 4.98. The Bertz CT molecular complexity index is 1260. The lowest BCUT2D eigenvalue weighted by Gasteiger charge is -2.11. The van der Waals surface area contributed by atoms with Gasteiger partial charge in [-0.1, -0.05) is 30.3 Å². The molecule has 4 rings (SSSR count). The lowest BCUT2D eigenvalue weighted by Crippen LogP contribution is -2.30. The predicted octanol–water partition coefficient (Wildman–Crippen LogP) is 4.52. The molecule has 0 atom stereocenters. The number of hydrogen-bond donors (Lipinski definition) is 1. The Hall–Kier alpha value is -3.32. The molecule has 2 aromatic carbocycles. The zero-order valence-electron chi connectivity index (χ0n) is 15.9. The molecule has 0 saturated carbocycles. The Balaban J connectivity index is 1.77. The number of amides is 1. The molecule has 2 heterocycles. The number of nitrogens with one attached hydrogen (secondary N) is 1. The predicted molar refractivity (Wildman–Crippen MR) is 114 cm³/mol. The van der Waals surface area contributed by atoms with Crippen molar-refractivity contribution in [2.24, 2.45) is 0 Å². The van der Waals surface area contributed by atoms with E-state index in [1.54, 1.807) is 31.2 Å². The van der Waals surface area contributed by atoms with Gasteiger partial charge in [-0.2, -0.15) is 0 Å². The molecule has 0 radical (unpaired) electrons. The van der Waals surface area contributed by atoms with Crippen LogP contribution in [0.25, 0.3) is 21.3 Å². The van der Waals surface area contributed by atoms with E-state index in [4.69, 9.17) is 0 Å². The molecule has 0 aliphatic rings. The van der Waals surface area contributed by atoms with Gasteiger partial charge in [0.25, 0.3) is 5.56 Å². The third kappa shape index (κ3) is 3.69. The average molecular weight is 407 g/mol. The molecule has 4 aromatic rings. The Morgan fingerprint density at radius 3 is 2.48 bits per heavy atom. The number of carbonyl (C=O) groups excluding carboxylic acids is 1. The first kappa shape index (κ1) is 19.0. The minimum absolute atomic E-state index is 0.139. The molecule has 146 valence electrons. The van der Waals surface area contributed by atoms with Crippen LogP contribution in [0, 0.1) is 19.7 Å². The molecule has 2 aromatic heterocycles. The molecule has 5 nitrogen and oxygen atoms in total. The molecule has 29 heavy (non-hydrogen) atoms. The van der Waals surface area contributed by atoms with Crippen molar-refractivity contribution in [1.29, 1.82) is 0 Å². The van der Waals surface area contributed by atoms with E-state index in [0.29, 0.717) is 21.7 Å². The summed E-state index contributed by atoms with van der Waals surface area (Å²) in [6.45, 7) is 3.48. The van der Waals surface area contributed by atoms with Gasteiger partial charge in [-0.25, -0.2) is 9.37 Å². The molecule has 1 amide bonds. The van der Waals surface area contributed by atoms with Crippen molar-refractivity contribution >= 4 is 33.1 Å². The Morgan fingerprint density at radius 2 is 1.79 bits per heavy atom. The highest BCUT2D eigenvalue weighted by atomic mass is 32.1. The maximum atomic E-state index is 13.3. The van der Waals surface area contributed by atoms with Crippen molar-refractivity contribution in [2.45, 2.75) is 20.4 Å². The fourth-order valence-electron chi connectivity index (χ4n) is 3.31. The number of anilines is 1. The second kappa shape index (κ2) is 7.60. The number of halogens is 1. The Morgan fingerprint density at radius 1 is 1.10 bits per heavy atom. The van der Waals surface area contributed by atoms with Crippen LogP contribution in [0.1, 0.15) is 10.7 Å². The fraction of sp³-hybridized carbons (Fsp3) is 0.136. The van der Waals surface area contributed by atoms with Crippen LogP contribution in [-0.4, -0.2) is 15.5 Å². The summed E-state index contributed by atoms with van der Waals surface area (Å²) in [5.74, 6) is -0.176. The van der Waals surface area contributed by atoms with Gasteiger partial charge < -0.3 is 5.32 Å². The molecule has 0 aliphatic carbocycles. The number of fused-ring (bicyclic) bond motifs is 1. The van der Waals surface area contributed by atoms with Gasteiger partial charge in [-0.3, -0.25) is 14.2 Å². The van der Waals surface area contributed by atoms with Crippen LogP contribution in [0.2, 0.25) is 0 Å². The van der Waals surface area contributed by atoms with E-state index in [1.165, 1.54) is 28.0 Å². The molecule has 1 N–H and O–H groups in total. The maximum absolute atomic E-state index is 13.3. The first-order valence-electron chi connectivity index (χ1n) is 9.05.